The Labute approximate surface area is 73.6 Å². The van der Waals surface area contributed by atoms with Gasteiger partial charge in [0.15, 0.2) is 0 Å². The molecule has 1 aliphatic heterocycles. The fraction of sp³-hybridized carbons (Fsp3) is 0.500. The summed E-state index contributed by atoms with van der Waals surface area (Å²) in [5.41, 5.74) is 1.08. The van der Waals surface area contributed by atoms with E-state index in [1.165, 1.54) is 0 Å². The molecule has 0 amide bonds. The van der Waals surface area contributed by atoms with Gasteiger partial charge in [-0.05, 0) is 25.8 Å². The number of aliphatic imine (C=N–C) groups is 1. The van der Waals surface area contributed by atoms with Crippen molar-refractivity contribution in [1.82, 2.24) is 0 Å². The fourth-order valence-corrected chi connectivity index (χ4v) is 0.989. The molecule has 12 heavy (non-hydrogen) atoms. The molecule has 0 spiro atoms. The lowest BCUT2D eigenvalue weighted by Gasteiger charge is -2.14. The molecule has 0 saturated heterocycles. The van der Waals surface area contributed by atoms with Crippen molar-refractivity contribution < 1.29 is 4.74 Å². The van der Waals surface area contributed by atoms with Crippen molar-refractivity contribution in [1.29, 1.82) is 0 Å². The van der Waals surface area contributed by atoms with Crippen LogP contribution < -0.4 is 0 Å². The van der Waals surface area contributed by atoms with Gasteiger partial charge in [-0.15, -0.1) is 0 Å². The van der Waals surface area contributed by atoms with E-state index in [4.69, 9.17) is 4.74 Å². The first-order valence-electron chi connectivity index (χ1n) is 4.24. The smallest absolute Gasteiger partial charge is 0.133 e. The van der Waals surface area contributed by atoms with Crippen LogP contribution in [0.1, 0.15) is 19.8 Å². The molecular weight excluding hydrogens is 150 g/mol. The summed E-state index contributed by atoms with van der Waals surface area (Å²) in [5, 5.41) is 0. The molecule has 0 aromatic heterocycles. The molecule has 0 aromatic rings. The number of ether oxygens (including phenoxy) is 1. The number of rotatable bonds is 3. The topological polar surface area (TPSA) is 21.6 Å². The van der Waals surface area contributed by atoms with Crippen molar-refractivity contribution >= 4 is 6.21 Å². The van der Waals surface area contributed by atoms with Crippen LogP contribution in [0.5, 0.6) is 0 Å². The van der Waals surface area contributed by atoms with E-state index in [1.807, 2.05) is 19.2 Å². The van der Waals surface area contributed by atoms with Crippen molar-refractivity contribution in [3.8, 4) is 0 Å². The second kappa shape index (κ2) is 4.75. The Morgan fingerprint density at radius 3 is 3.25 bits per heavy atom. The second-order valence-electron chi connectivity index (χ2n) is 3.07. The Bertz CT molecular complexity index is 206. The van der Waals surface area contributed by atoms with Crippen LogP contribution in [0, 0.1) is 0 Å². The Balaban J connectivity index is 2.25. The molecule has 1 aliphatic rings. The SMILES string of the molecule is C=C(C)CN=CC1CCC=CO1. The average molecular weight is 165 g/mol. The summed E-state index contributed by atoms with van der Waals surface area (Å²) in [5.74, 6) is 0. The molecule has 66 valence electrons. The van der Waals surface area contributed by atoms with Crippen LogP contribution in [0.2, 0.25) is 0 Å². The Hall–Kier alpha value is -1.05. The molecule has 0 aromatic carbocycles. The zero-order valence-electron chi connectivity index (χ0n) is 7.49. The summed E-state index contributed by atoms with van der Waals surface area (Å²) < 4.78 is 5.30. The lowest BCUT2D eigenvalue weighted by Crippen LogP contribution is -2.13. The minimum absolute atomic E-state index is 0.175. The highest BCUT2D eigenvalue weighted by Gasteiger charge is 2.06. The highest BCUT2D eigenvalue weighted by atomic mass is 16.5. The molecule has 0 radical (unpaired) electrons. The third kappa shape index (κ3) is 3.37. The van der Waals surface area contributed by atoms with Crippen LogP contribution in [0.15, 0.2) is 29.5 Å². The maximum absolute atomic E-state index is 5.30. The number of hydrogen-bond acceptors (Lipinski definition) is 2. The molecule has 0 aliphatic carbocycles. The monoisotopic (exact) mass is 165 g/mol. The predicted octanol–water partition coefficient (Wildman–Crippen LogP) is 2.33. The summed E-state index contributed by atoms with van der Waals surface area (Å²) in [7, 11) is 0. The van der Waals surface area contributed by atoms with E-state index in [0.29, 0.717) is 6.54 Å². The Morgan fingerprint density at radius 1 is 1.83 bits per heavy atom. The largest absolute Gasteiger partial charge is 0.493 e. The first-order valence-corrected chi connectivity index (χ1v) is 4.24. The molecule has 0 N–H and O–H groups in total. The van der Waals surface area contributed by atoms with Gasteiger partial charge in [0.2, 0.25) is 0 Å². The first-order chi connectivity index (χ1) is 5.79. The summed E-state index contributed by atoms with van der Waals surface area (Å²) >= 11 is 0. The maximum Gasteiger partial charge on any atom is 0.133 e. The number of hydrogen-bond donors (Lipinski definition) is 0. The van der Waals surface area contributed by atoms with Gasteiger partial charge in [0.05, 0.1) is 12.8 Å². The van der Waals surface area contributed by atoms with Crippen LogP contribution in [0.4, 0.5) is 0 Å². The third-order valence-electron chi connectivity index (χ3n) is 1.60. The van der Waals surface area contributed by atoms with E-state index in [9.17, 15) is 0 Å². The van der Waals surface area contributed by atoms with Gasteiger partial charge < -0.3 is 4.74 Å². The van der Waals surface area contributed by atoms with Crippen molar-refractivity contribution in [2.75, 3.05) is 6.54 Å². The van der Waals surface area contributed by atoms with Gasteiger partial charge in [0.25, 0.3) is 0 Å². The Morgan fingerprint density at radius 2 is 2.67 bits per heavy atom. The molecule has 1 rings (SSSR count). The summed E-state index contributed by atoms with van der Waals surface area (Å²) in [6.45, 7) is 6.45. The fourth-order valence-electron chi connectivity index (χ4n) is 0.989. The molecule has 1 atom stereocenters. The van der Waals surface area contributed by atoms with Crippen molar-refractivity contribution in [3.63, 3.8) is 0 Å². The van der Waals surface area contributed by atoms with Crippen LogP contribution in [-0.2, 0) is 4.74 Å². The van der Waals surface area contributed by atoms with Gasteiger partial charge >= 0.3 is 0 Å². The van der Waals surface area contributed by atoms with E-state index in [2.05, 4.69) is 11.6 Å². The second-order valence-corrected chi connectivity index (χ2v) is 3.07. The lowest BCUT2D eigenvalue weighted by molar-refractivity contribution is 0.185. The molecule has 0 bridgehead atoms. The standard InChI is InChI=1S/C10H15NO/c1-9(2)7-11-8-10-5-3-4-6-12-10/h4,6,8,10H,1,3,5,7H2,2H3. The Kier molecular flexibility index (Phi) is 3.58. The first kappa shape index (κ1) is 9.04. The molecule has 2 nitrogen and oxygen atoms in total. The van der Waals surface area contributed by atoms with Crippen molar-refractivity contribution in [3.05, 3.63) is 24.5 Å². The van der Waals surface area contributed by atoms with E-state index in [0.717, 1.165) is 18.4 Å². The molecular formula is C10H15NO. The normalized spacial score (nSPS) is 22.6. The lowest BCUT2D eigenvalue weighted by atomic mass is 10.2. The van der Waals surface area contributed by atoms with Crippen LogP contribution in [0.25, 0.3) is 0 Å². The highest BCUT2D eigenvalue weighted by Crippen LogP contribution is 2.07. The zero-order chi connectivity index (χ0) is 8.81. The summed E-state index contributed by atoms with van der Waals surface area (Å²) in [6.07, 6.45) is 7.96. The summed E-state index contributed by atoms with van der Waals surface area (Å²) in [6, 6.07) is 0. The molecule has 0 fully saturated rings. The number of allylic oxidation sites excluding steroid dienone is 1. The minimum atomic E-state index is 0.175. The van der Waals surface area contributed by atoms with Gasteiger partial charge in [-0.1, -0.05) is 12.2 Å². The van der Waals surface area contributed by atoms with Gasteiger partial charge in [-0.25, -0.2) is 0 Å². The number of nitrogens with zero attached hydrogens (tertiary/aromatic N) is 1. The molecule has 2 heteroatoms. The van der Waals surface area contributed by atoms with Crippen molar-refractivity contribution in [2.24, 2.45) is 4.99 Å². The van der Waals surface area contributed by atoms with Gasteiger partial charge in [0.1, 0.15) is 6.10 Å². The van der Waals surface area contributed by atoms with Crippen LogP contribution in [-0.4, -0.2) is 18.9 Å². The molecule has 1 unspecified atom stereocenters. The van der Waals surface area contributed by atoms with Crippen molar-refractivity contribution in [2.45, 2.75) is 25.9 Å². The third-order valence-corrected chi connectivity index (χ3v) is 1.60. The van der Waals surface area contributed by atoms with Gasteiger partial charge in [0, 0.05) is 6.21 Å². The summed E-state index contributed by atoms with van der Waals surface area (Å²) in [4.78, 5) is 4.21. The predicted molar refractivity (Wildman–Crippen MR) is 51.4 cm³/mol. The average Bonchev–Trinajstić information content (AvgIpc) is 2.05. The van der Waals surface area contributed by atoms with E-state index in [-0.39, 0.29) is 6.10 Å². The minimum Gasteiger partial charge on any atom is -0.493 e. The van der Waals surface area contributed by atoms with Gasteiger partial charge in [-0.3, -0.25) is 4.99 Å². The van der Waals surface area contributed by atoms with Crippen LogP contribution >= 0.6 is 0 Å². The van der Waals surface area contributed by atoms with Gasteiger partial charge in [-0.2, -0.15) is 0 Å². The van der Waals surface area contributed by atoms with Crippen LogP contribution in [0.3, 0.4) is 0 Å². The van der Waals surface area contributed by atoms with E-state index >= 15 is 0 Å². The maximum atomic E-state index is 5.30. The molecule has 0 saturated carbocycles. The highest BCUT2D eigenvalue weighted by molar-refractivity contribution is 5.63. The zero-order valence-corrected chi connectivity index (χ0v) is 7.49. The molecule has 1 heterocycles. The van der Waals surface area contributed by atoms with E-state index < -0.39 is 0 Å². The van der Waals surface area contributed by atoms with E-state index in [1.54, 1.807) is 6.26 Å². The quantitative estimate of drug-likeness (QED) is 0.464.